The molecule has 0 aliphatic carbocycles. The van der Waals surface area contributed by atoms with Crippen molar-refractivity contribution in [2.75, 3.05) is 20.3 Å². The molecule has 0 spiro atoms. The van der Waals surface area contributed by atoms with E-state index in [9.17, 15) is 4.79 Å². The summed E-state index contributed by atoms with van der Waals surface area (Å²) in [7, 11) is 1.61. The van der Waals surface area contributed by atoms with Gasteiger partial charge in [0.1, 0.15) is 18.1 Å². The molecule has 0 aliphatic rings. The Morgan fingerprint density at radius 2 is 1.79 bits per heavy atom. The van der Waals surface area contributed by atoms with Crippen LogP contribution in [0.15, 0.2) is 60.7 Å². The fraction of sp³-hybridized carbons (Fsp3) is 0.292. The Kier molecular flexibility index (Phi) is 7.09. The molecule has 1 amide bonds. The van der Waals surface area contributed by atoms with Crippen molar-refractivity contribution in [3.05, 3.63) is 71.8 Å². The maximum absolute atomic E-state index is 12.5. The second kappa shape index (κ2) is 9.94. The molecule has 0 bridgehead atoms. The fourth-order valence-electron chi connectivity index (χ4n) is 3.15. The van der Waals surface area contributed by atoms with Gasteiger partial charge < -0.3 is 19.5 Å². The van der Waals surface area contributed by atoms with Crippen LogP contribution in [0.1, 0.15) is 29.8 Å². The molecular weight excluding hydrogens is 366 g/mol. The van der Waals surface area contributed by atoms with E-state index in [1.54, 1.807) is 13.2 Å². The normalized spacial score (nSPS) is 11.8. The third-order valence-electron chi connectivity index (χ3n) is 4.53. The van der Waals surface area contributed by atoms with Gasteiger partial charge in [-0.25, -0.2) is 0 Å². The van der Waals surface area contributed by atoms with E-state index in [2.05, 4.69) is 17.4 Å². The topological polar surface area (TPSA) is 56.8 Å². The van der Waals surface area contributed by atoms with Gasteiger partial charge >= 0.3 is 0 Å². The van der Waals surface area contributed by atoms with Gasteiger partial charge in [0, 0.05) is 24.3 Å². The number of ether oxygens (including phenoxy) is 3. The second-order valence-electron chi connectivity index (χ2n) is 6.88. The highest BCUT2D eigenvalue weighted by atomic mass is 16.5. The first kappa shape index (κ1) is 20.7. The van der Waals surface area contributed by atoms with Crippen molar-refractivity contribution in [1.82, 2.24) is 5.32 Å². The maximum Gasteiger partial charge on any atom is 0.251 e. The molecule has 0 heterocycles. The minimum atomic E-state index is -0.149. The molecule has 29 heavy (non-hydrogen) atoms. The molecule has 1 N–H and O–H groups in total. The first-order chi connectivity index (χ1) is 14.1. The Bertz CT molecular complexity index is 970. The van der Waals surface area contributed by atoms with Crippen LogP contribution < -0.4 is 14.8 Å². The summed E-state index contributed by atoms with van der Waals surface area (Å²) in [5, 5.41) is 5.21. The van der Waals surface area contributed by atoms with Gasteiger partial charge in [0.25, 0.3) is 5.91 Å². The van der Waals surface area contributed by atoms with Crippen molar-refractivity contribution in [2.45, 2.75) is 26.5 Å². The lowest BCUT2D eigenvalue weighted by Crippen LogP contribution is -2.35. The second-order valence-corrected chi connectivity index (χ2v) is 6.88. The number of amides is 1. The van der Waals surface area contributed by atoms with Gasteiger partial charge in [-0.15, -0.1) is 0 Å². The van der Waals surface area contributed by atoms with E-state index in [-0.39, 0.29) is 11.9 Å². The molecule has 0 radical (unpaired) electrons. The summed E-state index contributed by atoms with van der Waals surface area (Å²) in [6, 6.07) is 19.5. The van der Waals surface area contributed by atoms with E-state index in [0.717, 1.165) is 22.4 Å². The van der Waals surface area contributed by atoms with Gasteiger partial charge in [0.15, 0.2) is 0 Å². The van der Waals surface area contributed by atoms with E-state index in [0.29, 0.717) is 25.4 Å². The van der Waals surface area contributed by atoms with Crippen LogP contribution >= 0.6 is 0 Å². The van der Waals surface area contributed by atoms with Crippen molar-refractivity contribution >= 4 is 16.7 Å². The predicted molar refractivity (Wildman–Crippen MR) is 115 cm³/mol. The molecule has 0 saturated heterocycles. The standard InChI is InChI=1S/C24H27NO4/c1-4-28-23-12-10-20(24(26)25-17(2)15-27-3)13-21(23)16-29-22-11-9-18-7-5-6-8-19(18)14-22/h5-14,17H,4,15-16H2,1-3H3,(H,25,26)/t17-/m1/s1. The molecule has 3 rings (SSSR count). The number of methoxy groups -OCH3 is 1. The number of hydrogen-bond acceptors (Lipinski definition) is 4. The number of rotatable bonds is 9. The van der Waals surface area contributed by atoms with Gasteiger partial charge in [0.2, 0.25) is 0 Å². The van der Waals surface area contributed by atoms with Crippen LogP contribution in [0.25, 0.3) is 10.8 Å². The fourth-order valence-corrected chi connectivity index (χ4v) is 3.15. The Morgan fingerprint density at radius 3 is 2.55 bits per heavy atom. The lowest BCUT2D eigenvalue weighted by atomic mass is 10.1. The lowest BCUT2D eigenvalue weighted by Gasteiger charge is -2.15. The van der Waals surface area contributed by atoms with Crippen LogP contribution in [0.2, 0.25) is 0 Å². The lowest BCUT2D eigenvalue weighted by molar-refractivity contribution is 0.0905. The molecule has 5 nitrogen and oxygen atoms in total. The molecule has 0 unspecified atom stereocenters. The summed E-state index contributed by atoms with van der Waals surface area (Å²) in [5.74, 6) is 1.34. The molecule has 0 aliphatic heterocycles. The van der Waals surface area contributed by atoms with Crippen LogP contribution in [-0.2, 0) is 11.3 Å². The van der Waals surface area contributed by atoms with E-state index >= 15 is 0 Å². The maximum atomic E-state index is 12.5. The summed E-state index contributed by atoms with van der Waals surface area (Å²) in [6.07, 6.45) is 0. The third kappa shape index (κ3) is 5.48. The zero-order chi connectivity index (χ0) is 20.6. The minimum Gasteiger partial charge on any atom is -0.493 e. The summed E-state index contributed by atoms with van der Waals surface area (Å²) in [5.41, 5.74) is 1.39. The highest BCUT2D eigenvalue weighted by molar-refractivity contribution is 5.94. The molecule has 3 aromatic rings. The number of hydrogen-bond donors (Lipinski definition) is 1. The molecule has 0 fully saturated rings. The quantitative estimate of drug-likeness (QED) is 0.578. The molecule has 0 saturated carbocycles. The molecule has 3 aromatic carbocycles. The Labute approximate surface area is 171 Å². The van der Waals surface area contributed by atoms with Crippen LogP contribution in [0.5, 0.6) is 11.5 Å². The largest absolute Gasteiger partial charge is 0.493 e. The smallest absolute Gasteiger partial charge is 0.251 e. The van der Waals surface area contributed by atoms with Crippen molar-refractivity contribution < 1.29 is 19.0 Å². The number of fused-ring (bicyclic) bond motifs is 1. The van der Waals surface area contributed by atoms with E-state index in [1.165, 1.54) is 5.39 Å². The average Bonchev–Trinajstić information content (AvgIpc) is 2.73. The number of nitrogens with one attached hydrogen (secondary N) is 1. The van der Waals surface area contributed by atoms with Crippen LogP contribution in [0, 0.1) is 0 Å². The van der Waals surface area contributed by atoms with Gasteiger partial charge in [0.05, 0.1) is 13.2 Å². The molecule has 152 valence electrons. The van der Waals surface area contributed by atoms with Crippen LogP contribution in [-0.4, -0.2) is 32.3 Å². The first-order valence-electron chi connectivity index (χ1n) is 9.77. The van der Waals surface area contributed by atoms with Crippen LogP contribution in [0.4, 0.5) is 0 Å². The molecule has 0 aromatic heterocycles. The van der Waals surface area contributed by atoms with Crippen molar-refractivity contribution in [2.24, 2.45) is 0 Å². The van der Waals surface area contributed by atoms with Crippen molar-refractivity contribution in [1.29, 1.82) is 0 Å². The molecular formula is C24H27NO4. The summed E-state index contributed by atoms with van der Waals surface area (Å²) in [4.78, 5) is 12.5. The average molecular weight is 393 g/mol. The zero-order valence-electron chi connectivity index (χ0n) is 17.1. The van der Waals surface area contributed by atoms with E-state index in [1.807, 2.05) is 56.3 Å². The van der Waals surface area contributed by atoms with Gasteiger partial charge in [-0.1, -0.05) is 30.3 Å². The number of benzene rings is 3. The Hall–Kier alpha value is -3.05. The van der Waals surface area contributed by atoms with Crippen LogP contribution in [0.3, 0.4) is 0 Å². The highest BCUT2D eigenvalue weighted by Crippen LogP contribution is 2.25. The Morgan fingerprint density at radius 1 is 1.00 bits per heavy atom. The summed E-state index contributed by atoms with van der Waals surface area (Å²) >= 11 is 0. The van der Waals surface area contributed by atoms with Crippen molar-refractivity contribution in [3.8, 4) is 11.5 Å². The van der Waals surface area contributed by atoms with E-state index in [4.69, 9.17) is 14.2 Å². The molecule has 1 atom stereocenters. The van der Waals surface area contributed by atoms with Gasteiger partial charge in [-0.3, -0.25) is 4.79 Å². The Balaban J connectivity index is 1.77. The third-order valence-corrected chi connectivity index (χ3v) is 4.53. The van der Waals surface area contributed by atoms with Crippen molar-refractivity contribution in [3.63, 3.8) is 0 Å². The minimum absolute atomic E-state index is 0.0728. The first-order valence-corrected chi connectivity index (χ1v) is 9.77. The number of carbonyl (C=O) groups excluding carboxylic acids is 1. The van der Waals surface area contributed by atoms with E-state index < -0.39 is 0 Å². The summed E-state index contributed by atoms with van der Waals surface area (Å²) < 4.78 is 16.8. The van der Waals surface area contributed by atoms with Gasteiger partial charge in [-0.05, 0) is 55.0 Å². The SMILES string of the molecule is CCOc1ccc(C(=O)N[C@H](C)COC)cc1COc1ccc2ccccc2c1. The number of carbonyl (C=O) groups is 1. The summed E-state index contributed by atoms with van der Waals surface area (Å²) in [6.45, 7) is 5.14. The predicted octanol–water partition coefficient (Wildman–Crippen LogP) is 4.58. The highest BCUT2D eigenvalue weighted by Gasteiger charge is 2.13. The molecule has 5 heteroatoms. The zero-order valence-corrected chi connectivity index (χ0v) is 17.1. The van der Waals surface area contributed by atoms with Gasteiger partial charge in [-0.2, -0.15) is 0 Å². The monoisotopic (exact) mass is 393 g/mol.